The molecule has 0 nitrogen and oxygen atoms in total. The van der Waals surface area contributed by atoms with E-state index < -0.39 is 11.7 Å². The van der Waals surface area contributed by atoms with Gasteiger partial charge in [-0.3, -0.25) is 0 Å². The van der Waals surface area contributed by atoms with Crippen molar-refractivity contribution in [2.24, 2.45) is 0 Å². The quantitative estimate of drug-likeness (QED) is 0.671. The van der Waals surface area contributed by atoms with Crippen molar-refractivity contribution in [3.05, 3.63) is 66.2 Å². The molecular weight excluding hydrogens is 250 g/mol. The monoisotopic (exact) mass is 264 g/mol. The van der Waals surface area contributed by atoms with Crippen LogP contribution in [-0.2, 0) is 0 Å². The lowest BCUT2D eigenvalue weighted by Gasteiger charge is -2.12. The molecule has 2 aromatic rings. The number of alkyl halides is 2. The van der Waals surface area contributed by atoms with Gasteiger partial charge >= 0.3 is 0 Å². The molecule has 0 aliphatic carbocycles. The van der Waals surface area contributed by atoms with Gasteiger partial charge in [0.25, 0.3) is 0 Å². The minimum atomic E-state index is -1.25. The van der Waals surface area contributed by atoms with E-state index in [-0.39, 0.29) is 6.42 Å². The Balaban J connectivity index is 1.90. The van der Waals surface area contributed by atoms with E-state index in [0.29, 0.717) is 5.56 Å². The summed E-state index contributed by atoms with van der Waals surface area (Å²) >= 11 is 1.06. The van der Waals surface area contributed by atoms with E-state index in [2.05, 4.69) is 0 Å². The van der Waals surface area contributed by atoms with Crippen LogP contribution in [0.2, 0.25) is 0 Å². The van der Waals surface area contributed by atoms with Gasteiger partial charge in [-0.15, -0.1) is 0 Å². The molecule has 0 saturated heterocycles. The van der Waals surface area contributed by atoms with Crippen LogP contribution in [0.15, 0.2) is 65.6 Å². The van der Waals surface area contributed by atoms with Gasteiger partial charge in [-0.25, -0.2) is 8.78 Å². The molecule has 0 heterocycles. The summed E-state index contributed by atoms with van der Waals surface area (Å²) in [6, 6.07) is 17.9. The summed E-state index contributed by atoms with van der Waals surface area (Å²) in [6.07, 6.45) is -1.37. The van der Waals surface area contributed by atoms with Crippen molar-refractivity contribution in [2.75, 3.05) is 0 Å². The van der Waals surface area contributed by atoms with Crippen LogP contribution in [0.4, 0.5) is 8.78 Å². The maximum atomic E-state index is 13.8. The van der Waals surface area contributed by atoms with Crippen molar-refractivity contribution in [2.45, 2.75) is 23.0 Å². The Kier molecular flexibility index (Phi) is 4.76. The number of hydrogen-bond donors (Lipinski definition) is 0. The Hall–Kier alpha value is -1.35. The van der Waals surface area contributed by atoms with Crippen molar-refractivity contribution in [1.29, 1.82) is 0 Å². The highest BCUT2D eigenvalue weighted by atomic mass is 32.2. The normalized spacial score (nSPS) is 14.1. The van der Waals surface area contributed by atoms with Crippen LogP contribution in [0.1, 0.15) is 18.2 Å². The van der Waals surface area contributed by atoms with E-state index in [4.69, 9.17) is 0 Å². The van der Waals surface area contributed by atoms with E-state index >= 15 is 0 Å². The third kappa shape index (κ3) is 3.84. The molecule has 18 heavy (non-hydrogen) atoms. The van der Waals surface area contributed by atoms with Crippen LogP contribution in [0.5, 0.6) is 0 Å². The lowest BCUT2D eigenvalue weighted by atomic mass is 10.1. The second-order valence-corrected chi connectivity index (χ2v) is 5.17. The largest absolute Gasteiger partial charge is 0.242 e. The fourth-order valence-corrected chi connectivity index (χ4v) is 2.53. The predicted octanol–water partition coefficient (Wildman–Crippen LogP) is 5.18. The summed E-state index contributed by atoms with van der Waals surface area (Å²) in [5.41, 5.74) is -0.698. The van der Waals surface area contributed by atoms with Gasteiger partial charge in [0.2, 0.25) is 0 Å². The average Bonchev–Trinajstić information content (AvgIpc) is 2.40. The molecule has 94 valence electrons. The molecule has 0 fully saturated rings. The van der Waals surface area contributed by atoms with Gasteiger partial charge in [-0.1, -0.05) is 60.3 Å². The molecule has 0 amide bonds. The third-order valence-corrected chi connectivity index (χ3v) is 3.55. The zero-order valence-electron chi connectivity index (χ0n) is 9.80. The van der Waals surface area contributed by atoms with Gasteiger partial charge in [0, 0.05) is 11.3 Å². The molecule has 3 heteroatoms. The van der Waals surface area contributed by atoms with Crippen molar-refractivity contribution in [3.8, 4) is 0 Å². The summed E-state index contributed by atoms with van der Waals surface area (Å²) in [7, 11) is 0. The smallest absolute Gasteiger partial charge is 0.153 e. The number of hydrogen-bond acceptors (Lipinski definition) is 1. The fourth-order valence-electron chi connectivity index (χ4n) is 1.66. The van der Waals surface area contributed by atoms with Crippen molar-refractivity contribution < 1.29 is 8.78 Å². The summed E-state index contributed by atoms with van der Waals surface area (Å²) in [5, 5.41) is 0. The lowest BCUT2D eigenvalue weighted by Crippen LogP contribution is -2.01. The van der Waals surface area contributed by atoms with E-state index in [1.54, 1.807) is 24.3 Å². The molecule has 0 spiro atoms. The van der Waals surface area contributed by atoms with Crippen LogP contribution in [0, 0.1) is 0 Å². The molecule has 0 saturated carbocycles. The zero-order chi connectivity index (χ0) is 12.8. The highest BCUT2D eigenvalue weighted by molar-refractivity contribution is 7.99. The van der Waals surface area contributed by atoms with Gasteiger partial charge in [0.05, 0.1) is 0 Å². The summed E-state index contributed by atoms with van der Waals surface area (Å²) in [6.45, 7) is 0. The van der Waals surface area contributed by atoms with Crippen molar-refractivity contribution in [1.82, 2.24) is 0 Å². The molecule has 2 unspecified atom stereocenters. The number of rotatable bonds is 5. The molecule has 0 radical (unpaired) electrons. The highest BCUT2D eigenvalue weighted by Gasteiger charge is 2.17. The van der Waals surface area contributed by atoms with Gasteiger partial charge in [-0.2, -0.15) is 0 Å². The molecule has 0 N–H and O–H groups in total. The Morgan fingerprint density at radius 3 is 2.00 bits per heavy atom. The molecule has 0 aliphatic rings. The van der Waals surface area contributed by atoms with Gasteiger partial charge in [0.1, 0.15) is 6.17 Å². The van der Waals surface area contributed by atoms with Crippen molar-refractivity contribution in [3.63, 3.8) is 0 Å². The van der Waals surface area contributed by atoms with Crippen LogP contribution < -0.4 is 0 Å². The molecule has 0 aromatic heterocycles. The lowest BCUT2D eigenvalue weighted by molar-refractivity contribution is 0.274. The van der Waals surface area contributed by atoms with Gasteiger partial charge in [0.15, 0.2) is 5.50 Å². The van der Waals surface area contributed by atoms with Crippen LogP contribution in [0.3, 0.4) is 0 Å². The summed E-state index contributed by atoms with van der Waals surface area (Å²) in [4.78, 5) is 0.824. The topological polar surface area (TPSA) is 0 Å². The van der Waals surface area contributed by atoms with E-state index in [1.807, 2.05) is 36.4 Å². The van der Waals surface area contributed by atoms with E-state index in [1.165, 1.54) is 0 Å². The second kappa shape index (κ2) is 6.55. The maximum absolute atomic E-state index is 13.8. The molecule has 0 aliphatic heterocycles. The standard InChI is InChI=1S/C15H14F2S/c16-14(12-7-3-1-4-8-12)11-15(17)18-13-9-5-2-6-10-13/h1-10,14-15H,11H2. The zero-order valence-corrected chi connectivity index (χ0v) is 10.6. The molecule has 2 rings (SSSR count). The maximum Gasteiger partial charge on any atom is 0.153 e. The fraction of sp³-hybridized carbons (Fsp3) is 0.200. The molecule has 2 aromatic carbocycles. The Labute approximate surface area is 110 Å². The minimum absolute atomic E-state index is 0.121. The second-order valence-electron chi connectivity index (χ2n) is 3.95. The van der Waals surface area contributed by atoms with Gasteiger partial charge < -0.3 is 0 Å². The molecule has 2 atom stereocenters. The van der Waals surface area contributed by atoms with Crippen LogP contribution in [-0.4, -0.2) is 5.50 Å². The number of benzene rings is 2. The first kappa shape index (κ1) is 13.1. The van der Waals surface area contributed by atoms with Crippen molar-refractivity contribution >= 4 is 11.8 Å². The Morgan fingerprint density at radius 2 is 1.39 bits per heavy atom. The summed E-state index contributed by atoms with van der Waals surface area (Å²) in [5.74, 6) is 0. The van der Waals surface area contributed by atoms with E-state index in [9.17, 15) is 8.78 Å². The number of halogens is 2. The Morgan fingerprint density at radius 1 is 0.833 bits per heavy atom. The first-order valence-electron chi connectivity index (χ1n) is 5.80. The molecule has 0 bridgehead atoms. The number of thioether (sulfide) groups is 1. The summed E-state index contributed by atoms with van der Waals surface area (Å²) < 4.78 is 27.6. The van der Waals surface area contributed by atoms with Crippen LogP contribution in [0.25, 0.3) is 0 Å². The Bertz CT molecular complexity index is 458. The first-order valence-corrected chi connectivity index (χ1v) is 6.68. The average molecular weight is 264 g/mol. The molecular formula is C15H14F2S. The predicted molar refractivity (Wildman–Crippen MR) is 72.1 cm³/mol. The highest BCUT2D eigenvalue weighted by Crippen LogP contribution is 2.32. The first-order chi connectivity index (χ1) is 8.75. The van der Waals surface area contributed by atoms with E-state index in [0.717, 1.165) is 16.7 Å². The van der Waals surface area contributed by atoms with Gasteiger partial charge in [-0.05, 0) is 17.7 Å². The third-order valence-electron chi connectivity index (χ3n) is 2.56. The minimum Gasteiger partial charge on any atom is -0.242 e. The SMILES string of the molecule is FC(CC(F)c1ccccc1)Sc1ccccc1. The van der Waals surface area contributed by atoms with Crippen LogP contribution >= 0.6 is 11.8 Å².